The second kappa shape index (κ2) is 3.77. The molecule has 0 aromatic carbocycles. The summed E-state index contributed by atoms with van der Waals surface area (Å²) >= 11 is 0. The van der Waals surface area contributed by atoms with Gasteiger partial charge in [0, 0.05) is 4.91 Å². The molecule has 1 amide bonds. The zero-order chi connectivity index (χ0) is 9.84. The third-order valence-corrected chi connectivity index (χ3v) is 1.77. The monoisotopic (exact) mass is 184 g/mol. The van der Waals surface area contributed by atoms with Crippen LogP contribution < -0.4 is 5.32 Å². The van der Waals surface area contributed by atoms with E-state index in [0.717, 1.165) is 0 Å². The Morgan fingerprint density at radius 2 is 2.54 bits per heavy atom. The highest BCUT2D eigenvalue weighted by Crippen LogP contribution is 2.14. The third kappa shape index (κ3) is 1.88. The van der Waals surface area contributed by atoms with Crippen molar-refractivity contribution < 1.29 is 14.3 Å². The lowest BCUT2D eigenvalue weighted by atomic mass is 9.97. The highest BCUT2D eigenvalue weighted by molar-refractivity contribution is 5.91. The topological polar surface area (TPSA) is 104 Å². The minimum absolute atomic E-state index is 0.0337. The number of ether oxygens (including phenoxy) is 1. The lowest BCUT2D eigenvalue weighted by molar-refractivity contribution is -0.143. The molecular formula is C6H8N4O3. The van der Waals surface area contributed by atoms with Crippen LogP contribution in [0.4, 0.5) is 0 Å². The summed E-state index contributed by atoms with van der Waals surface area (Å²) in [6.07, 6.45) is 0.0337. The molecule has 0 bridgehead atoms. The van der Waals surface area contributed by atoms with Crippen LogP contribution in [0.25, 0.3) is 10.4 Å². The molecule has 0 radical (unpaired) electrons. The number of methoxy groups -OCH3 is 1. The fourth-order valence-electron chi connectivity index (χ4n) is 1.05. The maximum atomic E-state index is 10.8. The van der Waals surface area contributed by atoms with E-state index in [1.165, 1.54) is 7.11 Å². The summed E-state index contributed by atoms with van der Waals surface area (Å²) < 4.78 is 4.39. The van der Waals surface area contributed by atoms with E-state index in [0.29, 0.717) is 0 Å². The highest BCUT2D eigenvalue weighted by atomic mass is 16.5. The number of azide groups is 1. The Hall–Kier alpha value is -1.75. The number of carbonyl (C=O) groups is 2. The van der Waals surface area contributed by atoms with Crippen molar-refractivity contribution in [1.29, 1.82) is 0 Å². The number of rotatable bonds is 3. The lowest BCUT2D eigenvalue weighted by Gasteiger charge is -2.32. The smallest absolute Gasteiger partial charge is 0.307 e. The van der Waals surface area contributed by atoms with E-state index < -0.39 is 18.1 Å². The van der Waals surface area contributed by atoms with E-state index >= 15 is 0 Å². The molecule has 1 rings (SSSR count). The van der Waals surface area contributed by atoms with E-state index in [2.05, 4.69) is 20.1 Å². The summed E-state index contributed by atoms with van der Waals surface area (Å²) in [4.78, 5) is 24.0. The molecule has 1 fully saturated rings. The van der Waals surface area contributed by atoms with Gasteiger partial charge in [0.1, 0.15) is 6.04 Å². The molecule has 7 heteroatoms. The van der Waals surface area contributed by atoms with Gasteiger partial charge in [-0.15, -0.1) is 0 Å². The number of esters is 1. The average Bonchev–Trinajstić information content (AvgIpc) is 2.13. The van der Waals surface area contributed by atoms with Crippen molar-refractivity contribution in [3.63, 3.8) is 0 Å². The van der Waals surface area contributed by atoms with Gasteiger partial charge in [0.15, 0.2) is 0 Å². The van der Waals surface area contributed by atoms with Crippen LogP contribution in [0.2, 0.25) is 0 Å². The van der Waals surface area contributed by atoms with Gasteiger partial charge in [0.2, 0.25) is 5.91 Å². The summed E-state index contributed by atoms with van der Waals surface area (Å²) in [5.74, 6) is -0.796. The molecule has 70 valence electrons. The molecule has 0 spiro atoms. The zero-order valence-corrected chi connectivity index (χ0v) is 6.93. The van der Waals surface area contributed by atoms with E-state index in [9.17, 15) is 9.59 Å². The van der Waals surface area contributed by atoms with Crippen LogP contribution in [0, 0.1) is 0 Å². The van der Waals surface area contributed by atoms with E-state index in [1.807, 2.05) is 0 Å². The van der Waals surface area contributed by atoms with E-state index in [1.54, 1.807) is 0 Å². The average molecular weight is 184 g/mol. The van der Waals surface area contributed by atoms with Gasteiger partial charge < -0.3 is 10.1 Å². The van der Waals surface area contributed by atoms with Crippen molar-refractivity contribution in [3.8, 4) is 0 Å². The molecule has 0 aliphatic carbocycles. The Morgan fingerprint density at radius 1 is 1.85 bits per heavy atom. The minimum atomic E-state index is -0.774. The molecule has 1 aliphatic heterocycles. The van der Waals surface area contributed by atoms with Crippen molar-refractivity contribution in [2.75, 3.05) is 7.11 Å². The quantitative estimate of drug-likeness (QED) is 0.214. The molecular weight excluding hydrogens is 176 g/mol. The molecule has 1 aliphatic rings. The minimum Gasteiger partial charge on any atom is -0.469 e. The highest BCUT2D eigenvalue weighted by Gasteiger charge is 2.39. The van der Waals surface area contributed by atoms with Gasteiger partial charge in [-0.1, -0.05) is 5.11 Å². The van der Waals surface area contributed by atoms with Crippen LogP contribution in [0.5, 0.6) is 0 Å². The number of hydrogen-bond donors (Lipinski definition) is 1. The molecule has 0 saturated carbocycles. The zero-order valence-electron chi connectivity index (χ0n) is 6.93. The van der Waals surface area contributed by atoms with Crippen molar-refractivity contribution in [1.82, 2.24) is 5.32 Å². The molecule has 2 unspecified atom stereocenters. The van der Waals surface area contributed by atoms with Crippen molar-refractivity contribution >= 4 is 11.9 Å². The molecule has 0 aromatic rings. The molecule has 13 heavy (non-hydrogen) atoms. The largest absolute Gasteiger partial charge is 0.469 e. The summed E-state index contributed by atoms with van der Waals surface area (Å²) in [5, 5.41) is 5.68. The molecule has 1 saturated heterocycles. The Bertz CT molecular complexity index is 282. The first-order valence-corrected chi connectivity index (χ1v) is 3.60. The Balaban J connectivity index is 2.49. The third-order valence-electron chi connectivity index (χ3n) is 1.77. The van der Waals surface area contributed by atoms with E-state index in [-0.39, 0.29) is 12.3 Å². The van der Waals surface area contributed by atoms with Crippen molar-refractivity contribution in [2.45, 2.75) is 18.5 Å². The number of carbonyl (C=O) groups excluding carboxylic acids is 2. The standard InChI is InChI=1S/C6H8N4O3/c1-13-4(11)2-3-5(9-10-7)6(12)8-3/h3,5H,2H2,1H3,(H,8,12). The van der Waals surface area contributed by atoms with Gasteiger partial charge in [-0.05, 0) is 5.53 Å². The SMILES string of the molecule is COC(=O)CC1NC(=O)C1N=[N+]=[N-]. The lowest BCUT2D eigenvalue weighted by Crippen LogP contribution is -2.61. The number of nitrogens with zero attached hydrogens (tertiary/aromatic N) is 3. The Morgan fingerprint density at radius 3 is 3.00 bits per heavy atom. The first kappa shape index (κ1) is 9.34. The summed E-state index contributed by atoms with van der Waals surface area (Å²) in [7, 11) is 1.26. The maximum absolute atomic E-state index is 10.8. The second-order valence-corrected chi connectivity index (χ2v) is 2.55. The first-order chi connectivity index (χ1) is 6.19. The summed E-state index contributed by atoms with van der Waals surface area (Å²) in [5.41, 5.74) is 8.09. The van der Waals surface area contributed by atoms with Gasteiger partial charge in [-0.2, -0.15) is 0 Å². The fraction of sp³-hybridized carbons (Fsp3) is 0.667. The maximum Gasteiger partial charge on any atom is 0.307 e. The molecule has 1 heterocycles. The van der Waals surface area contributed by atoms with Crippen LogP contribution in [0.3, 0.4) is 0 Å². The predicted molar refractivity (Wildman–Crippen MR) is 41.5 cm³/mol. The van der Waals surface area contributed by atoms with Crippen LogP contribution in [-0.2, 0) is 14.3 Å². The van der Waals surface area contributed by atoms with Gasteiger partial charge in [-0.25, -0.2) is 0 Å². The van der Waals surface area contributed by atoms with Crippen LogP contribution in [0.1, 0.15) is 6.42 Å². The number of β-lactam (4-membered cyclic amide) rings is 1. The van der Waals surface area contributed by atoms with Gasteiger partial charge in [0.25, 0.3) is 0 Å². The number of nitrogens with one attached hydrogen (secondary N) is 1. The second-order valence-electron chi connectivity index (χ2n) is 2.55. The molecule has 0 aromatic heterocycles. The Labute approximate surface area is 73.7 Å². The van der Waals surface area contributed by atoms with Crippen molar-refractivity contribution in [2.24, 2.45) is 5.11 Å². The van der Waals surface area contributed by atoms with Crippen LogP contribution >= 0.6 is 0 Å². The molecule has 7 nitrogen and oxygen atoms in total. The fourth-order valence-corrected chi connectivity index (χ4v) is 1.05. The summed E-state index contributed by atoms with van der Waals surface area (Å²) in [6, 6.07) is -1.19. The van der Waals surface area contributed by atoms with Crippen LogP contribution in [0.15, 0.2) is 5.11 Å². The molecule has 1 N–H and O–H groups in total. The first-order valence-electron chi connectivity index (χ1n) is 3.60. The van der Waals surface area contributed by atoms with Gasteiger partial charge >= 0.3 is 5.97 Å². The summed E-state index contributed by atoms with van der Waals surface area (Å²) in [6.45, 7) is 0. The van der Waals surface area contributed by atoms with Gasteiger partial charge in [-0.3, -0.25) is 9.59 Å². The normalized spacial score (nSPS) is 25.2. The Kier molecular flexibility index (Phi) is 2.71. The number of amides is 1. The molecule has 2 atom stereocenters. The van der Waals surface area contributed by atoms with Crippen molar-refractivity contribution in [3.05, 3.63) is 10.4 Å². The predicted octanol–water partition coefficient (Wildman–Crippen LogP) is -0.273. The van der Waals surface area contributed by atoms with Gasteiger partial charge in [0.05, 0.1) is 19.6 Å². The number of hydrogen-bond acceptors (Lipinski definition) is 4. The van der Waals surface area contributed by atoms with E-state index in [4.69, 9.17) is 5.53 Å². The van der Waals surface area contributed by atoms with Crippen LogP contribution in [-0.4, -0.2) is 31.1 Å².